The monoisotopic (exact) mass is 517 g/mol. The number of nitrogens with one attached hydrogen (secondary N) is 3. The van der Waals surface area contributed by atoms with Crippen LogP contribution in [0.15, 0.2) is 84.9 Å². The van der Waals surface area contributed by atoms with Gasteiger partial charge in [0, 0.05) is 13.0 Å². The number of carbonyl (C=O) groups excluding carboxylic acids is 3. The summed E-state index contributed by atoms with van der Waals surface area (Å²) in [5, 5.41) is 8.39. The van der Waals surface area contributed by atoms with E-state index in [-0.39, 0.29) is 23.9 Å². The van der Waals surface area contributed by atoms with Gasteiger partial charge in [-0.1, -0.05) is 72.8 Å². The van der Waals surface area contributed by atoms with Crippen molar-refractivity contribution in [3.05, 3.63) is 102 Å². The van der Waals surface area contributed by atoms with Crippen molar-refractivity contribution in [3.63, 3.8) is 0 Å². The molecule has 0 bridgehead atoms. The van der Waals surface area contributed by atoms with E-state index in [1.807, 2.05) is 60.7 Å². The summed E-state index contributed by atoms with van der Waals surface area (Å²) in [4.78, 5) is 36.9. The standard InChI is InChI=1S/C29H31N3O4S/c33-26(17-18-27(34)36-21-9-14-22-10-3-1-4-11-22)32-29(37)31-25-16-8-7-15-24(25)28(35)30-20-19-23-12-5-2-6-13-23/h1-8,10-13,15-16H,9,14,17-21H2,(H,30,35)(H2,31,32,33,37). The highest BCUT2D eigenvalue weighted by atomic mass is 32.1. The van der Waals surface area contributed by atoms with Gasteiger partial charge in [-0.3, -0.25) is 14.4 Å². The maximum atomic E-state index is 12.7. The van der Waals surface area contributed by atoms with E-state index in [1.54, 1.807) is 24.3 Å². The Balaban J connectivity index is 1.36. The highest BCUT2D eigenvalue weighted by molar-refractivity contribution is 7.80. The Bertz CT molecular complexity index is 1190. The number of carbonyl (C=O) groups is 3. The number of hydrogen-bond donors (Lipinski definition) is 3. The van der Waals surface area contributed by atoms with Crippen molar-refractivity contribution in [1.29, 1.82) is 0 Å². The van der Waals surface area contributed by atoms with Gasteiger partial charge in [-0.2, -0.15) is 0 Å². The molecule has 3 N–H and O–H groups in total. The summed E-state index contributed by atoms with van der Waals surface area (Å²) >= 11 is 5.23. The molecule has 0 atom stereocenters. The average molecular weight is 518 g/mol. The van der Waals surface area contributed by atoms with Crippen molar-refractivity contribution in [3.8, 4) is 0 Å². The van der Waals surface area contributed by atoms with Gasteiger partial charge in [0.15, 0.2) is 5.11 Å². The smallest absolute Gasteiger partial charge is 0.306 e. The molecule has 192 valence electrons. The second kappa shape index (κ2) is 15.2. The van der Waals surface area contributed by atoms with Crippen molar-refractivity contribution < 1.29 is 19.1 Å². The van der Waals surface area contributed by atoms with Gasteiger partial charge in [0.05, 0.1) is 24.3 Å². The lowest BCUT2D eigenvalue weighted by atomic mass is 10.1. The summed E-state index contributed by atoms with van der Waals surface area (Å²) in [5.74, 6) is -1.09. The van der Waals surface area contributed by atoms with Crippen LogP contribution in [0.25, 0.3) is 0 Å². The van der Waals surface area contributed by atoms with Gasteiger partial charge in [0.25, 0.3) is 5.91 Å². The van der Waals surface area contributed by atoms with Crippen molar-refractivity contribution >= 4 is 40.8 Å². The number of benzene rings is 3. The molecular weight excluding hydrogens is 486 g/mol. The number of anilines is 1. The summed E-state index contributed by atoms with van der Waals surface area (Å²) in [6.45, 7) is 0.792. The predicted molar refractivity (Wildman–Crippen MR) is 148 cm³/mol. The second-order valence-corrected chi connectivity index (χ2v) is 8.76. The fourth-order valence-corrected chi connectivity index (χ4v) is 3.81. The molecule has 37 heavy (non-hydrogen) atoms. The molecule has 7 nitrogen and oxygen atoms in total. The minimum absolute atomic E-state index is 0.0415. The first-order valence-corrected chi connectivity index (χ1v) is 12.6. The Labute approximate surface area is 222 Å². The summed E-state index contributed by atoms with van der Waals surface area (Å²) < 4.78 is 5.21. The van der Waals surface area contributed by atoms with Crippen LogP contribution < -0.4 is 16.0 Å². The number of esters is 1. The minimum atomic E-state index is -0.431. The van der Waals surface area contributed by atoms with Crippen LogP contribution in [0.5, 0.6) is 0 Å². The third-order valence-electron chi connectivity index (χ3n) is 5.49. The lowest BCUT2D eigenvalue weighted by molar-refractivity contribution is -0.145. The molecule has 0 aliphatic rings. The first-order valence-electron chi connectivity index (χ1n) is 12.2. The van der Waals surface area contributed by atoms with Crippen molar-refractivity contribution in [1.82, 2.24) is 10.6 Å². The van der Waals surface area contributed by atoms with Gasteiger partial charge in [-0.05, 0) is 54.7 Å². The molecule has 0 spiro atoms. The van der Waals surface area contributed by atoms with Crippen LogP contribution in [0.1, 0.15) is 40.7 Å². The number of para-hydroxylation sites is 1. The molecule has 0 aromatic heterocycles. The highest BCUT2D eigenvalue weighted by Gasteiger charge is 2.14. The van der Waals surface area contributed by atoms with Gasteiger partial charge in [-0.25, -0.2) is 0 Å². The second-order valence-electron chi connectivity index (χ2n) is 8.35. The van der Waals surface area contributed by atoms with Gasteiger partial charge < -0.3 is 20.7 Å². The van der Waals surface area contributed by atoms with E-state index < -0.39 is 11.9 Å². The summed E-state index contributed by atoms with van der Waals surface area (Å²) in [6.07, 6.45) is 2.16. The lowest BCUT2D eigenvalue weighted by Crippen LogP contribution is -2.35. The molecule has 0 heterocycles. The molecule has 3 aromatic carbocycles. The Morgan fingerprint density at radius 2 is 1.38 bits per heavy atom. The van der Waals surface area contributed by atoms with E-state index >= 15 is 0 Å². The van der Waals surface area contributed by atoms with E-state index in [9.17, 15) is 14.4 Å². The molecule has 0 unspecified atom stereocenters. The maximum absolute atomic E-state index is 12.7. The van der Waals surface area contributed by atoms with E-state index in [4.69, 9.17) is 17.0 Å². The molecule has 0 aliphatic carbocycles. The molecule has 0 saturated carbocycles. The summed E-state index contributed by atoms with van der Waals surface area (Å²) in [5.41, 5.74) is 3.20. The van der Waals surface area contributed by atoms with Gasteiger partial charge in [-0.15, -0.1) is 0 Å². The van der Waals surface area contributed by atoms with Crippen LogP contribution in [-0.4, -0.2) is 36.0 Å². The summed E-state index contributed by atoms with van der Waals surface area (Å²) in [6, 6.07) is 26.7. The maximum Gasteiger partial charge on any atom is 0.306 e. The molecule has 0 radical (unpaired) electrons. The first-order chi connectivity index (χ1) is 18.0. The Hall–Kier alpha value is -4.04. The average Bonchev–Trinajstić information content (AvgIpc) is 2.91. The quantitative estimate of drug-likeness (QED) is 0.187. The third-order valence-corrected chi connectivity index (χ3v) is 5.69. The van der Waals surface area contributed by atoms with E-state index in [0.29, 0.717) is 30.8 Å². The number of thiocarbonyl (C=S) groups is 1. The number of rotatable bonds is 12. The van der Waals surface area contributed by atoms with Crippen LogP contribution >= 0.6 is 12.2 Å². The molecule has 3 rings (SSSR count). The molecule has 8 heteroatoms. The third kappa shape index (κ3) is 10.2. The fourth-order valence-electron chi connectivity index (χ4n) is 3.59. The zero-order chi connectivity index (χ0) is 26.3. The zero-order valence-corrected chi connectivity index (χ0v) is 21.4. The molecule has 0 fully saturated rings. The van der Waals surface area contributed by atoms with Crippen LogP contribution in [0, 0.1) is 0 Å². The Kier molecular flexibility index (Phi) is 11.3. The van der Waals surface area contributed by atoms with Crippen LogP contribution in [0.4, 0.5) is 5.69 Å². The largest absolute Gasteiger partial charge is 0.466 e. The minimum Gasteiger partial charge on any atom is -0.466 e. The number of aryl methyl sites for hydroxylation is 1. The Morgan fingerprint density at radius 1 is 0.757 bits per heavy atom. The fraction of sp³-hybridized carbons (Fsp3) is 0.241. The van der Waals surface area contributed by atoms with Crippen LogP contribution in [0.2, 0.25) is 0 Å². The highest BCUT2D eigenvalue weighted by Crippen LogP contribution is 2.15. The lowest BCUT2D eigenvalue weighted by Gasteiger charge is -2.13. The predicted octanol–water partition coefficient (Wildman–Crippen LogP) is 4.43. The van der Waals surface area contributed by atoms with Crippen molar-refractivity contribution in [2.24, 2.45) is 0 Å². The van der Waals surface area contributed by atoms with Gasteiger partial charge in [0.2, 0.25) is 5.91 Å². The number of ether oxygens (including phenoxy) is 1. The molecular formula is C29H31N3O4S. The normalized spacial score (nSPS) is 10.3. The van der Waals surface area contributed by atoms with E-state index in [0.717, 1.165) is 18.4 Å². The topological polar surface area (TPSA) is 96.5 Å². The summed E-state index contributed by atoms with van der Waals surface area (Å²) in [7, 11) is 0. The molecule has 0 aliphatic heterocycles. The molecule has 3 aromatic rings. The van der Waals surface area contributed by atoms with Crippen molar-refractivity contribution in [2.45, 2.75) is 32.1 Å². The van der Waals surface area contributed by atoms with Gasteiger partial charge in [0.1, 0.15) is 0 Å². The van der Waals surface area contributed by atoms with E-state index in [1.165, 1.54) is 5.56 Å². The Morgan fingerprint density at radius 3 is 2.08 bits per heavy atom. The SMILES string of the molecule is O=C(CCC(=O)OCCCc1ccccc1)NC(=S)Nc1ccccc1C(=O)NCCc1ccccc1. The number of amides is 2. The van der Waals surface area contributed by atoms with Crippen molar-refractivity contribution in [2.75, 3.05) is 18.5 Å². The molecule has 2 amide bonds. The van der Waals surface area contributed by atoms with Crippen LogP contribution in [0.3, 0.4) is 0 Å². The van der Waals surface area contributed by atoms with Crippen LogP contribution in [-0.2, 0) is 27.2 Å². The van der Waals surface area contributed by atoms with Gasteiger partial charge >= 0.3 is 5.97 Å². The van der Waals surface area contributed by atoms with E-state index in [2.05, 4.69) is 16.0 Å². The molecule has 0 saturated heterocycles. The number of hydrogen-bond acceptors (Lipinski definition) is 5. The first kappa shape index (κ1) is 27.5. The zero-order valence-electron chi connectivity index (χ0n) is 20.6.